The molecule has 102 valence electrons. The Labute approximate surface area is 124 Å². The van der Waals surface area contributed by atoms with E-state index >= 15 is 0 Å². The molecule has 0 N–H and O–H groups in total. The maximum Gasteiger partial charge on any atom is 0.329 e. The van der Waals surface area contributed by atoms with E-state index in [4.69, 9.17) is 4.74 Å². The Balaban J connectivity index is 2.19. The Morgan fingerprint density at radius 3 is 2.65 bits per heavy atom. The largest absolute Gasteiger partial charge is 0.430 e. The molecular weight excluding hydrogens is 324 g/mol. The number of benzene rings is 1. The number of esters is 1. The van der Waals surface area contributed by atoms with Gasteiger partial charge in [0.05, 0.1) is 0 Å². The number of carbonyl (C=O) groups excluding carboxylic acids is 3. The predicted molar refractivity (Wildman–Crippen MR) is 76.5 cm³/mol. The van der Waals surface area contributed by atoms with Crippen LogP contribution in [0.15, 0.2) is 46.6 Å². The maximum atomic E-state index is 12.0. The minimum Gasteiger partial charge on any atom is -0.430 e. The summed E-state index contributed by atoms with van der Waals surface area (Å²) in [6, 6.07) is 7.30. The molecule has 0 saturated carbocycles. The van der Waals surface area contributed by atoms with Crippen LogP contribution in [0, 0.1) is 5.92 Å². The molecule has 0 aliphatic carbocycles. The van der Waals surface area contributed by atoms with Crippen LogP contribution in [-0.2, 0) is 19.1 Å². The highest BCUT2D eigenvalue weighted by Crippen LogP contribution is 2.19. The molecule has 2 rings (SSSR count). The number of carbonyl (C=O) groups is 3. The van der Waals surface area contributed by atoms with E-state index in [0.717, 1.165) is 16.1 Å². The van der Waals surface area contributed by atoms with Gasteiger partial charge in [0.15, 0.2) is 17.5 Å². The highest BCUT2D eigenvalue weighted by molar-refractivity contribution is 9.10. The summed E-state index contributed by atoms with van der Waals surface area (Å²) in [4.78, 5) is 35.2. The Bertz CT molecular complexity index is 643. The number of hydrogen-bond acceptors (Lipinski definition) is 4. The molecule has 1 heterocycles. The lowest BCUT2D eigenvalue weighted by Gasteiger charge is -2.15. The van der Waals surface area contributed by atoms with Crippen LogP contribution in [0.2, 0.25) is 0 Å². The summed E-state index contributed by atoms with van der Waals surface area (Å²) in [5.41, 5.74) is 0.782. The Morgan fingerprint density at radius 2 is 2.00 bits per heavy atom. The Kier molecular flexibility index (Phi) is 4.29. The molecular formula is C15H11BrO4. The monoisotopic (exact) mass is 334 g/mol. The summed E-state index contributed by atoms with van der Waals surface area (Å²) in [6.07, 6.45) is 3.94. The van der Waals surface area contributed by atoms with Gasteiger partial charge in [0.1, 0.15) is 5.76 Å². The van der Waals surface area contributed by atoms with Gasteiger partial charge in [-0.2, -0.15) is 0 Å². The molecule has 1 aliphatic heterocycles. The molecule has 0 bridgehead atoms. The summed E-state index contributed by atoms with van der Waals surface area (Å²) in [6.45, 7) is 1.49. The van der Waals surface area contributed by atoms with Gasteiger partial charge in [-0.25, -0.2) is 0 Å². The van der Waals surface area contributed by atoms with Crippen LogP contribution in [0.5, 0.6) is 0 Å². The molecule has 1 aliphatic rings. The lowest BCUT2D eigenvalue weighted by molar-refractivity contribution is -0.151. The summed E-state index contributed by atoms with van der Waals surface area (Å²) < 4.78 is 5.62. The number of cyclic esters (lactones) is 1. The number of ether oxygens (including phenoxy) is 1. The van der Waals surface area contributed by atoms with Crippen molar-refractivity contribution in [2.45, 2.75) is 6.92 Å². The smallest absolute Gasteiger partial charge is 0.329 e. The lowest BCUT2D eigenvalue weighted by atomic mass is 9.96. The third-order valence-corrected chi connectivity index (χ3v) is 3.47. The molecule has 1 aromatic carbocycles. The first-order valence-corrected chi connectivity index (χ1v) is 6.68. The van der Waals surface area contributed by atoms with Gasteiger partial charge in [0, 0.05) is 10.5 Å². The van der Waals surface area contributed by atoms with E-state index < -0.39 is 23.5 Å². The molecule has 1 unspecified atom stereocenters. The van der Waals surface area contributed by atoms with Gasteiger partial charge in [0.2, 0.25) is 0 Å². The van der Waals surface area contributed by atoms with Crippen molar-refractivity contribution < 1.29 is 19.1 Å². The Hall–Kier alpha value is -2.01. The highest BCUT2D eigenvalue weighted by atomic mass is 79.9. The molecule has 5 heteroatoms. The van der Waals surface area contributed by atoms with Crippen LogP contribution in [0.1, 0.15) is 12.5 Å². The number of allylic oxidation sites excluding steroid dienone is 3. The quantitative estimate of drug-likeness (QED) is 0.484. The van der Waals surface area contributed by atoms with Crippen LogP contribution in [0.3, 0.4) is 0 Å². The summed E-state index contributed by atoms with van der Waals surface area (Å²) in [5, 5.41) is 0. The average molecular weight is 335 g/mol. The van der Waals surface area contributed by atoms with E-state index in [1.54, 1.807) is 12.1 Å². The van der Waals surface area contributed by atoms with Crippen molar-refractivity contribution in [1.29, 1.82) is 0 Å². The zero-order chi connectivity index (χ0) is 14.7. The first-order valence-electron chi connectivity index (χ1n) is 5.89. The second-order valence-corrected chi connectivity index (χ2v) is 5.12. The maximum absolute atomic E-state index is 12.0. The van der Waals surface area contributed by atoms with Crippen LogP contribution in [-0.4, -0.2) is 17.5 Å². The van der Waals surface area contributed by atoms with Gasteiger partial charge in [0.25, 0.3) is 0 Å². The van der Waals surface area contributed by atoms with Crippen molar-refractivity contribution in [3.8, 4) is 0 Å². The topological polar surface area (TPSA) is 60.4 Å². The Morgan fingerprint density at radius 1 is 1.30 bits per heavy atom. The fourth-order valence-corrected chi connectivity index (χ4v) is 2.20. The van der Waals surface area contributed by atoms with Crippen LogP contribution in [0.25, 0.3) is 6.08 Å². The van der Waals surface area contributed by atoms with E-state index in [1.165, 1.54) is 13.0 Å². The molecule has 0 aromatic heterocycles. The van der Waals surface area contributed by atoms with Gasteiger partial charge in [-0.3, -0.25) is 14.4 Å². The van der Waals surface area contributed by atoms with Gasteiger partial charge in [-0.05, 0) is 24.6 Å². The number of halogens is 1. The fourth-order valence-electron chi connectivity index (χ4n) is 1.78. The van der Waals surface area contributed by atoms with E-state index in [1.807, 2.05) is 18.2 Å². The zero-order valence-electron chi connectivity index (χ0n) is 10.6. The van der Waals surface area contributed by atoms with Crippen LogP contribution < -0.4 is 0 Å². The van der Waals surface area contributed by atoms with Gasteiger partial charge >= 0.3 is 5.97 Å². The summed E-state index contributed by atoms with van der Waals surface area (Å²) >= 11 is 3.34. The average Bonchev–Trinajstić information content (AvgIpc) is 2.36. The van der Waals surface area contributed by atoms with Crippen molar-refractivity contribution in [2.75, 3.05) is 0 Å². The summed E-state index contributed by atoms with van der Waals surface area (Å²) in [5.74, 6) is -3.13. The van der Waals surface area contributed by atoms with E-state index in [2.05, 4.69) is 15.9 Å². The van der Waals surface area contributed by atoms with Gasteiger partial charge in [-0.15, -0.1) is 0 Å². The lowest BCUT2D eigenvalue weighted by Crippen LogP contribution is -2.34. The van der Waals surface area contributed by atoms with Crippen molar-refractivity contribution in [3.63, 3.8) is 0 Å². The second-order valence-electron chi connectivity index (χ2n) is 4.27. The molecule has 1 aromatic rings. The first kappa shape index (κ1) is 14.4. The predicted octanol–water partition coefficient (Wildman–Crippen LogP) is 2.68. The molecule has 0 radical (unpaired) electrons. The molecule has 0 amide bonds. The normalized spacial score (nSPS) is 18.9. The van der Waals surface area contributed by atoms with Crippen LogP contribution >= 0.6 is 15.9 Å². The summed E-state index contributed by atoms with van der Waals surface area (Å²) in [7, 11) is 0. The van der Waals surface area contributed by atoms with Crippen LogP contribution in [0.4, 0.5) is 0 Å². The molecule has 20 heavy (non-hydrogen) atoms. The van der Waals surface area contributed by atoms with Crippen molar-refractivity contribution >= 4 is 39.5 Å². The van der Waals surface area contributed by atoms with E-state index in [-0.39, 0.29) is 5.76 Å². The molecule has 0 saturated heterocycles. The minimum absolute atomic E-state index is 0.207. The van der Waals surface area contributed by atoms with Crippen molar-refractivity contribution in [2.24, 2.45) is 5.92 Å². The zero-order valence-corrected chi connectivity index (χ0v) is 12.2. The minimum atomic E-state index is -1.39. The fraction of sp³-hybridized carbons (Fsp3) is 0.133. The molecule has 4 nitrogen and oxygen atoms in total. The molecule has 0 spiro atoms. The van der Waals surface area contributed by atoms with E-state index in [0.29, 0.717) is 0 Å². The number of ketones is 2. The van der Waals surface area contributed by atoms with Gasteiger partial charge in [-0.1, -0.05) is 40.2 Å². The molecule has 1 atom stereocenters. The third-order valence-electron chi connectivity index (χ3n) is 2.74. The standard InChI is InChI=1S/C15H11BrO4/c1-9-8-13(18)14(15(19)20-9)12(17)7-6-10-4-2-3-5-11(10)16/h2-8,14H,1H3. The SMILES string of the molecule is CC1=CC(=O)C(C(=O)C=Cc2ccccc2Br)C(=O)O1. The first-order chi connectivity index (χ1) is 9.49. The highest BCUT2D eigenvalue weighted by Gasteiger charge is 2.36. The third kappa shape index (κ3) is 3.11. The van der Waals surface area contributed by atoms with Crippen molar-refractivity contribution in [1.82, 2.24) is 0 Å². The second kappa shape index (κ2) is 5.96. The number of rotatable bonds is 3. The van der Waals surface area contributed by atoms with Crippen molar-refractivity contribution in [3.05, 3.63) is 52.2 Å². The molecule has 0 fully saturated rings. The number of hydrogen-bond donors (Lipinski definition) is 0. The van der Waals surface area contributed by atoms with E-state index in [9.17, 15) is 14.4 Å². The van der Waals surface area contributed by atoms with Gasteiger partial charge < -0.3 is 4.74 Å².